The molecule has 0 amide bonds. The zero-order valence-corrected chi connectivity index (χ0v) is 7.92. The van der Waals surface area contributed by atoms with Gasteiger partial charge in [-0.2, -0.15) is 0 Å². The van der Waals surface area contributed by atoms with Crippen LogP contribution in [0.15, 0.2) is 35.3 Å². The zero-order chi connectivity index (χ0) is 10.7. The molecule has 1 aliphatic rings. The van der Waals surface area contributed by atoms with Gasteiger partial charge in [0.2, 0.25) is 6.04 Å². The highest BCUT2D eigenvalue weighted by Gasteiger charge is 2.28. The molecule has 0 aliphatic carbocycles. The Bertz CT molecular complexity index is 411. The van der Waals surface area contributed by atoms with Gasteiger partial charge in [0.15, 0.2) is 12.2 Å². The van der Waals surface area contributed by atoms with E-state index in [-0.39, 0.29) is 0 Å². The maximum atomic E-state index is 11.0. The van der Waals surface area contributed by atoms with E-state index in [1.807, 2.05) is 30.3 Å². The van der Waals surface area contributed by atoms with Crippen LogP contribution in [0, 0.1) is 0 Å². The van der Waals surface area contributed by atoms with E-state index in [1.165, 1.54) is 0 Å². The first-order valence-corrected chi connectivity index (χ1v) is 4.57. The highest BCUT2D eigenvalue weighted by atomic mass is 16.6. The summed E-state index contributed by atoms with van der Waals surface area (Å²) in [6, 6.07) is 8.53. The molecule has 76 valence electrons. The van der Waals surface area contributed by atoms with Crippen LogP contribution in [-0.4, -0.2) is 24.2 Å². The largest absolute Gasteiger partial charge is 0.410 e. The number of benzene rings is 1. The van der Waals surface area contributed by atoms with Crippen molar-refractivity contribution >= 4 is 18.2 Å². The number of hydrogen-bond donors (Lipinski definition) is 0. The number of cyclic esters (lactones) is 1. The Kier molecular flexibility index (Phi) is 2.58. The number of rotatable bonds is 3. The number of carbonyl (C=O) groups excluding carboxylic acids is 2. The van der Waals surface area contributed by atoms with Crippen LogP contribution in [-0.2, 0) is 20.7 Å². The van der Waals surface area contributed by atoms with Crippen LogP contribution in [0.2, 0.25) is 0 Å². The van der Waals surface area contributed by atoms with Crippen LogP contribution in [0.25, 0.3) is 0 Å². The Morgan fingerprint density at radius 1 is 1.33 bits per heavy atom. The van der Waals surface area contributed by atoms with Crippen molar-refractivity contribution in [1.29, 1.82) is 0 Å². The summed E-state index contributed by atoms with van der Waals surface area (Å²) in [7, 11) is 0. The molecule has 0 unspecified atom stereocenters. The number of esters is 1. The molecule has 0 saturated heterocycles. The van der Waals surface area contributed by atoms with E-state index in [2.05, 4.69) is 4.99 Å². The molecule has 0 spiro atoms. The second kappa shape index (κ2) is 4.04. The van der Waals surface area contributed by atoms with Crippen molar-refractivity contribution in [1.82, 2.24) is 0 Å². The minimum atomic E-state index is -0.969. The quantitative estimate of drug-likeness (QED) is 0.414. The fourth-order valence-corrected chi connectivity index (χ4v) is 1.35. The van der Waals surface area contributed by atoms with E-state index in [4.69, 9.17) is 4.74 Å². The summed E-state index contributed by atoms with van der Waals surface area (Å²) in [5, 5.41) is 0. The van der Waals surface area contributed by atoms with Crippen LogP contribution in [0.3, 0.4) is 0 Å². The maximum absolute atomic E-state index is 11.0. The molecule has 0 saturated carbocycles. The molecular formula is C11H9NO3. The lowest BCUT2D eigenvalue weighted by Gasteiger charge is -1.99. The van der Waals surface area contributed by atoms with E-state index in [1.54, 1.807) is 0 Å². The fraction of sp³-hybridized carbons (Fsp3) is 0.182. The lowest BCUT2D eigenvalue weighted by Crippen LogP contribution is -2.16. The summed E-state index contributed by atoms with van der Waals surface area (Å²) in [5.74, 6) is -0.278. The second-order valence-corrected chi connectivity index (χ2v) is 3.19. The Labute approximate surface area is 86.6 Å². The number of aliphatic imine (C=N–C) groups is 1. The molecule has 1 heterocycles. The van der Waals surface area contributed by atoms with Gasteiger partial charge < -0.3 is 9.53 Å². The Hall–Kier alpha value is -1.97. The van der Waals surface area contributed by atoms with Crippen molar-refractivity contribution in [2.24, 2.45) is 4.99 Å². The van der Waals surface area contributed by atoms with Crippen molar-refractivity contribution in [3.63, 3.8) is 0 Å². The molecule has 1 aromatic carbocycles. The maximum Gasteiger partial charge on any atom is 0.344 e. The number of hydrogen-bond acceptors (Lipinski definition) is 4. The van der Waals surface area contributed by atoms with Crippen molar-refractivity contribution in [2.75, 3.05) is 0 Å². The number of aldehydes is 1. The smallest absolute Gasteiger partial charge is 0.344 e. The molecule has 0 aromatic heterocycles. The number of ether oxygens (including phenoxy) is 1. The normalized spacial score (nSPS) is 19.6. The predicted octanol–water partition coefficient (Wildman–Crippen LogP) is 0.752. The van der Waals surface area contributed by atoms with Crippen LogP contribution < -0.4 is 0 Å². The molecule has 1 aromatic rings. The SMILES string of the molecule is O=C[C@@H]1N=C(Cc2ccccc2)OC1=O. The first kappa shape index (κ1) is 9.58. The monoisotopic (exact) mass is 203 g/mol. The average molecular weight is 203 g/mol. The van der Waals surface area contributed by atoms with Crippen molar-refractivity contribution in [3.8, 4) is 0 Å². The standard InChI is InChI=1S/C11H9NO3/c13-7-9-11(14)15-10(12-9)6-8-4-2-1-3-5-8/h1-5,7,9H,6H2/t9-/m0/s1. The van der Waals surface area contributed by atoms with Gasteiger partial charge in [-0.05, 0) is 5.56 Å². The first-order chi connectivity index (χ1) is 7.29. The highest BCUT2D eigenvalue weighted by molar-refractivity contribution is 6.05. The van der Waals surface area contributed by atoms with Crippen molar-refractivity contribution in [2.45, 2.75) is 12.5 Å². The van der Waals surface area contributed by atoms with Gasteiger partial charge in [0.25, 0.3) is 0 Å². The van der Waals surface area contributed by atoms with Gasteiger partial charge in [-0.15, -0.1) is 0 Å². The molecular weight excluding hydrogens is 194 g/mol. The summed E-state index contributed by atoms with van der Waals surface area (Å²) >= 11 is 0. The van der Waals surface area contributed by atoms with E-state index in [0.717, 1.165) is 5.56 Å². The molecule has 0 N–H and O–H groups in total. The predicted molar refractivity (Wildman–Crippen MR) is 53.5 cm³/mol. The molecule has 4 nitrogen and oxygen atoms in total. The van der Waals surface area contributed by atoms with Gasteiger partial charge in [0, 0.05) is 6.42 Å². The number of nitrogens with zero attached hydrogens (tertiary/aromatic N) is 1. The summed E-state index contributed by atoms with van der Waals surface area (Å²) in [6.45, 7) is 0. The van der Waals surface area contributed by atoms with E-state index in [0.29, 0.717) is 18.6 Å². The minimum absolute atomic E-state index is 0.309. The van der Waals surface area contributed by atoms with Crippen LogP contribution in [0.1, 0.15) is 5.56 Å². The number of carbonyl (C=O) groups is 2. The van der Waals surface area contributed by atoms with Gasteiger partial charge in [0.1, 0.15) is 0 Å². The summed E-state index contributed by atoms with van der Waals surface area (Å²) in [5.41, 5.74) is 0.996. The van der Waals surface area contributed by atoms with Crippen molar-refractivity contribution in [3.05, 3.63) is 35.9 Å². The Morgan fingerprint density at radius 2 is 2.07 bits per heavy atom. The van der Waals surface area contributed by atoms with Crippen LogP contribution in [0.5, 0.6) is 0 Å². The average Bonchev–Trinajstić information content (AvgIpc) is 2.60. The van der Waals surface area contributed by atoms with E-state index in [9.17, 15) is 9.59 Å². The lowest BCUT2D eigenvalue weighted by molar-refractivity contribution is -0.136. The highest BCUT2D eigenvalue weighted by Crippen LogP contribution is 2.09. The zero-order valence-electron chi connectivity index (χ0n) is 7.92. The first-order valence-electron chi connectivity index (χ1n) is 4.57. The Morgan fingerprint density at radius 3 is 2.67 bits per heavy atom. The van der Waals surface area contributed by atoms with E-state index < -0.39 is 12.0 Å². The van der Waals surface area contributed by atoms with Gasteiger partial charge in [0.05, 0.1) is 0 Å². The fourth-order valence-electron chi connectivity index (χ4n) is 1.35. The molecule has 0 radical (unpaired) electrons. The molecule has 2 rings (SSSR count). The third kappa shape index (κ3) is 2.10. The molecule has 1 aliphatic heterocycles. The van der Waals surface area contributed by atoms with E-state index >= 15 is 0 Å². The molecule has 4 heteroatoms. The third-order valence-corrected chi connectivity index (χ3v) is 2.07. The third-order valence-electron chi connectivity index (χ3n) is 2.07. The van der Waals surface area contributed by atoms with Crippen LogP contribution >= 0.6 is 0 Å². The van der Waals surface area contributed by atoms with Gasteiger partial charge in [-0.1, -0.05) is 30.3 Å². The lowest BCUT2D eigenvalue weighted by atomic mass is 10.1. The molecule has 15 heavy (non-hydrogen) atoms. The molecule has 0 fully saturated rings. The summed E-state index contributed by atoms with van der Waals surface area (Å²) in [4.78, 5) is 25.3. The summed E-state index contributed by atoms with van der Waals surface area (Å²) < 4.78 is 4.85. The van der Waals surface area contributed by atoms with Gasteiger partial charge in [-0.25, -0.2) is 9.79 Å². The second-order valence-electron chi connectivity index (χ2n) is 3.19. The van der Waals surface area contributed by atoms with Crippen LogP contribution in [0.4, 0.5) is 0 Å². The minimum Gasteiger partial charge on any atom is -0.410 e. The summed E-state index contributed by atoms with van der Waals surface area (Å²) in [6.07, 6.45) is 0.928. The van der Waals surface area contributed by atoms with Crippen molar-refractivity contribution < 1.29 is 14.3 Å². The molecule has 1 atom stereocenters. The van der Waals surface area contributed by atoms with Gasteiger partial charge in [-0.3, -0.25) is 0 Å². The topological polar surface area (TPSA) is 55.7 Å². The van der Waals surface area contributed by atoms with Gasteiger partial charge >= 0.3 is 5.97 Å². The Balaban J connectivity index is 2.09. The molecule has 0 bridgehead atoms.